The van der Waals surface area contributed by atoms with Crippen LogP contribution in [0.1, 0.15) is 29.4 Å². The fourth-order valence-electron chi connectivity index (χ4n) is 2.02. The van der Waals surface area contributed by atoms with E-state index in [0.29, 0.717) is 37.5 Å². The largest absolute Gasteiger partial charge is 0.347 e. The van der Waals surface area contributed by atoms with Crippen LogP contribution >= 0.6 is 11.3 Å². The number of hydrogen-bond acceptors (Lipinski definition) is 7. The molecule has 1 amide bonds. The minimum Gasteiger partial charge on any atom is -0.347 e. The molecule has 0 bridgehead atoms. The van der Waals surface area contributed by atoms with Gasteiger partial charge in [0.1, 0.15) is 12.7 Å². The minimum atomic E-state index is -0.0527. The first-order valence-electron chi connectivity index (χ1n) is 7.22. The molecule has 1 N–H and O–H groups in total. The van der Waals surface area contributed by atoms with Gasteiger partial charge in [0.2, 0.25) is 11.8 Å². The van der Waals surface area contributed by atoms with Gasteiger partial charge in [-0.15, -0.1) is 11.3 Å². The number of nitrogens with zero attached hydrogens (tertiary/aromatic N) is 5. The van der Waals surface area contributed by atoms with Crippen molar-refractivity contribution in [1.82, 2.24) is 30.2 Å². The Morgan fingerprint density at radius 3 is 3.17 bits per heavy atom. The van der Waals surface area contributed by atoms with Gasteiger partial charge in [-0.05, 0) is 17.9 Å². The lowest BCUT2D eigenvalue weighted by atomic mass is 10.3. The Labute approximate surface area is 136 Å². The topological polar surface area (TPSA) is 98.7 Å². The van der Waals surface area contributed by atoms with Crippen molar-refractivity contribution in [2.24, 2.45) is 0 Å². The average molecular weight is 332 g/mol. The van der Waals surface area contributed by atoms with E-state index < -0.39 is 0 Å². The molecule has 3 aromatic rings. The molecular formula is C14H16N6O2S. The van der Waals surface area contributed by atoms with Crippen LogP contribution in [-0.4, -0.2) is 30.8 Å². The Morgan fingerprint density at radius 2 is 2.39 bits per heavy atom. The van der Waals surface area contributed by atoms with E-state index in [2.05, 4.69) is 25.5 Å². The van der Waals surface area contributed by atoms with Crippen LogP contribution in [0.25, 0.3) is 0 Å². The second-order valence-corrected chi connectivity index (χ2v) is 5.93. The lowest BCUT2D eigenvalue weighted by Gasteiger charge is -2.02. The number of amides is 1. The highest BCUT2D eigenvalue weighted by Gasteiger charge is 2.09. The number of thiophene rings is 1. The highest BCUT2D eigenvalue weighted by Crippen LogP contribution is 2.12. The molecule has 0 aliphatic carbocycles. The Balaban J connectivity index is 1.38. The molecule has 0 aliphatic heterocycles. The maximum absolute atomic E-state index is 11.8. The van der Waals surface area contributed by atoms with Crippen LogP contribution in [0.4, 0.5) is 0 Å². The SMILES string of the molecule is O=C(CCCn1cncn1)NCc1nc(Cc2cccs2)no1. The lowest BCUT2D eigenvalue weighted by molar-refractivity contribution is -0.121. The maximum Gasteiger partial charge on any atom is 0.246 e. The third kappa shape index (κ3) is 4.71. The molecule has 0 aliphatic rings. The molecule has 3 rings (SSSR count). The minimum absolute atomic E-state index is 0.0527. The fourth-order valence-corrected chi connectivity index (χ4v) is 2.72. The zero-order valence-electron chi connectivity index (χ0n) is 12.4. The quantitative estimate of drug-likeness (QED) is 0.669. The summed E-state index contributed by atoms with van der Waals surface area (Å²) >= 11 is 1.65. The van der Waals surface area contributed by atoms with Gasteiger partial charge >= 0.3 is 0 Å². The van der Waals surface area contributed by atoms with Gasteiger partial charge < -0.3 is 9.84 Å². The highest BCUT2D eigenvalue weighted by molar-refractivity contribution is 7.09. The summed E-state index contributed by atoms with van der Waals surface area (Å²) in [7, 11) is 0. The molecule has 0 aromatic carbocycles. The van der Waals surface area contributed by atoms with Crippen molar-refractivity contribution >= 4 is 17.2 Å². The van der Waals surface area contributed by atoms with Gasteiger partial charge in [-0.2, -0.15) is 10.1 Å². The summed E-state index contributed by atoms with van der Waals surface area (Å²) in [6.07, 6.45) is 4.86. The zero-order chi connectivity index (χ0) is 15.9. The molecule has 9 heteroatoms. The van der Waals surface area contributed by atoms with Crippen LogP contribution in [0, 0.1) is 0 Å². The Morgan fingerprint density at radius 1 is 1.43 bits per heavy atom. The second kappa shape index (κ2) is 7.63. The maximum atomic E-state index is 11.8. The van der Waals surface area contributed by atoms with Crippen molar-refractivity contribution in [3.8, 4) is 0 Å². The average Bonchev–Trinajstić information content (AvgIpc) is 3.28. The standard InChI is InChI=1S/C14H16N6O2S/c21-13(4-1-5-20-10-15-9-17-20)16-8-14-18-12(19-22-14)7-11-3-2-6-23-11/h2-3,6,9-10H,1,4-5,7-8H2,(H,16,21). The summed E-state index contributed by atoms with van der Waals surface area (Å²) in [5.41, 5.74) is 0. The highest BCUT2D eigenvalue weighted by atomic mass is 32.1. The van der Waals surface area contributed by atoms with E-state index in [0.717, 1.165) is 0 Å². The first-order valence-corrected chi connectivity index (χ1v) is 8.10. The first kappa shape index (κ1) is 15.3. The number of rotatable bonds is 8. The number of carbonyl (C=O) groups is 1. The number of aromatic nitrogens is 5. The number of aryl methyl sites for hydroxylation is 1. The Kier molecular flexibility index (Phi) is 5.09. The third-order valence-electron chi connectivity index (χ3n) is 3.12. The summed E-state index contributed by atoms with van der Waals surface area (Å²) in [5, 5.41) is 12.7. The van der Waals surface area contributed by atoms with Crippen molar-refractivity contribution < 1.29 is 9.32 Å². The zero-order valence-corrected chi connectivity index (χ0v) is 13.2. The molecule has 0 radical (unpaired) electrons. The van der Waals surface area contributed by atoms with Crippen LogP contribution in [0.5, 0.6) is 0 Å². The fraction of sp³-hybridized carbons (Fsp3) is 0.357. The van der Waals surface area contributed by atoms with Gasteiger partial charge in [-0.3, -0.25) is 9.48 Å². The monoisotopic (exact) mass is 332 g/mol. The second-order valence-electron chi connectivity index (χ2n) is 4.90. The number of hydrogen-bond donors (Lipinski definition) is 1. The summed E-state index contributed by atoms with van der Waals surface area (Å²) in [6.45, 7) is 0.915. The molecule has 0 unspecified atom stereocenters. The van der Waals surface area contributed by atoms with E-state index in [1.165, 1.54) is 11.2 Å². The van der Waals surface area contributed by atoms with Gasteiger partial charge in [0.15, 0.2) is 5.82 Å². The van der Waals surface area contributed by atoms with Crippen LogP contribution in [-0.2, 0) is 24.3 Å². The van der Waals surface area contributed by atoms with Gasteiger partial charge in [0, 0.05) is 24.3 Å². The normalized spacial score (nSPS) is 10.8. The van der Waals surface area contributed by atoms with Gasteiger partial charge in [-0.1, -0.05) is 11.2 Å². The van der Waals surface area contributed by atoms with Gasteiger partial charge in [0.05, 0.1) is 6.54 Å². The Bertz CT molecular complexity index is 722. The first-order chi connectivity index (χ1) is 11.3. The third-order valence-corrected chi connectivity index (χ3v) is 3.99. The number of nitrogens with one attached hydrogen (secondary N) is 1. The summed E-state index contributed by atoms with van der Waals surface area (Å²) < 4.78 is 6.83. The predicted octanol–water partition coefficient (Wildman–Crippen LogP) is 1.41. The van der Waals surface area contributed by atoms with Gasteiger partial charge in [-0.25, -0.2) is 4.98 Å². The molecule has 0 saturated heterocycles. The lowest BCUT2D eigenvalue weighted by Crippen LogP contribution is -2.23. The van der Waals surface area contributed by atoms with E-state index in [-0.39, 0.29) is 12.5 Å². The van der Waals surface area contributed by atoms with Crippen molar-refractivity contribution in [2.75, 3.05) is 0 Å². The summed E-state index contributed by atoms with van der Waals surface area (Å²) in [5.74, 6) is 0.993. The Hall–Kier alpha value is -2.55. The molecule has 23 heavy (non-hydrogen) atoms. The predicted molar refractivity (Wildman–Crippen MR) is 82.5 cm³/mol. The molecule has 0 saturated carbocycles. The summed E-state index contributed by atoms with van der Waals surface area (Å²) in [6, 6.07) is 4.01. The molecular weight excluding hydrogens is 316 g/mol. The van der Waals surface area contributed by atoms with Crippen molar-refractivity contribution in [3.05, 3.63) is 46.8 Å². The summed E-state index contributed by atoms with van der Waals surface area (Å²) in [4.78, 5) is 21.1. The molecule has 0 spiro atoms. The molecule has 120 valence electrons. The van der Waals surface area contributed by atoms with Crippen LogP contribution in [0.15, 0.2) is 34.7 Å². The van der Waals surface area contributed by atoms with Crippen molar-refractivity contribution in [2.45, 2.75) is 32.4 Å². The van der Waals surface area contributed by atoms with E-state index in [1.807, 2.05) is 17.5 Å². The van der Waals surface area contributed by atoms with Crippen LogP contribution < -0.4 is 5.32 Å². The van der Waals surface area contributed by atoms with E-state index >= 15 is 0 Å². The van der Waals surface area contributed by atoms with Crippen LogP contribution in [0.2, 0.25) is 0 Å². The molecule has 0 fully saturated rings. The van der Waals surface area contributed by atoms with Crippen LogP contribution in [0.3, 0.4) is 0 Å². The van der Waals surface area contributed by atoms with Crippen molar-refractivity contribution in [3.63, 3.8) is 0 Å². The number of carbonyl (C=O) groups excluding carboxylic acids is 1. The smallest absolute Gasteiger partial charge is 0.246 e. The van der Waals surface area contributed by atoms with E-state index in [9.17, 15) is 4.79 Å². The van der Waals surface area contributed by atoms with E-state index in [4.69, 9.17) is 4.52 Å². The van der Waals surface area contributed by atoms with Crippen molar-refractivity contribution in [1.29, 1.82) is 0 Å². The molecule has 3 aromatic heterocycles. The molecule has 3 heterocycles. The van der Waals surface area contributed by atoms with E-state index in [1.54, 1.807) is 22.3 Å². The van der Waals surface area contributed by atoms with Gasteiger partial charge in [0.25, 0.3) is 0 Å². The molecule has 0 atom stereocenters. The molecule has 8 nitrogen and oxygen atoms in total.